The lowest BCUT2D eigenvalue weighted by Gasteiger charge is -2.34. The molecule has 1 N–H and O–H groups in total. The van der Waals surface area contributed by atoms with Gasteiger partial charge >= 0.3 is 6.18 Å². The molecule has 102 valence electrons. The van der Waals surface area contributed by atoms with Gasteiger partial charge in [0.15, 0.2) is 0 Å². The average Bonchev–Trinajstić information content (AvgIpc) is 2.83. The quantitative estimate of drug-likeness (QED) is 0.892. The van der Waals surface area contributed by atoms with E-state index in [9.17, 15) is 13.2 Å². The fourth-order valence-electron chi connectivity index (χ4n) is 2.95. The van der Waals surface area contributed by atoms with Gasteiger partial charge in [0.25, 0.3) is 0 Å². The summed E-state index contributed by atoms with van der Waals surface area (Å²) in [5, 5.41) is 3.12. The van der Waals surface area contributed by atoms with Gasteiger partial charge in [0, 0.05) is 11.6 Å². The maximum atomic E-state index is 12.8. The van der Waals surface area contributed by atoms with Crippen LogP contribution in [0.1, 0.15) is 37.3 Å². The maximum absolute atomic E-state index is 12.8. The van der Waals surface area contributed by atoms with Crippen LogP contribution >= 0.6 is 0 Å². The lowest BCUT2D eigenvalue weighted by Crippen LogP contribution is -2.34. The maximum Gasteiger partial charge on any atom is 0.391 e. The summed E-state index contributed by atoms with van der Waals surface area (Å²) in [6.45, 7) is 0. The Bertz CT molecular complexity index is 361. The molecule has 1 saturated carbocycles. The minimum atomic E-state index is -4.06. The Morgan fingerprint density at radius 3 is 2.72 bits per heavy atom. The second-order valence-electron chi connectivity index (χ2n) is 4.99. The highest BCUT2D eigenvalue weighted by Crippen LogP contribution is 2.43. The summed E-state index contributed by atoms with van der Waals surface area (Å²) in [6, 6.07) is 1.77. The zero-order valence-corrected chi connectivity index (χ0v) is 10.3. The van der Waals surface area contributed by atoms with Crippen molar-refractivity contribution in [3.8, 4) is 0 Å². The van der Waals surface area contributed by atoms with Gasteiger partial charge in [-0.25, -0.2) is 0 Å². The third-order valence-electron chi connectivity index (χ3n) is 3.86. The second kappa shape index (κ2) is 5.34. The summed E-state index contributed by atoms with van der Waals surface area (Å²) < 4.78 is 43.4. The summed E-state index contributed by atoms with van der Waals surface area (Å²) >= 11 is 0. The van der Waals surface area contributed by atoms with E-state index in [0.717, 1.165) is 12.0 Å². The molecule has 0 bridgehead atoms. The van der Waals surface area contributed by atoms with Gasteiger partial charge in [-0.3, -0.25) is 0 Å². The van der Waals surface area contributed by atoms with E-state index in [-0.39, 0.29) is 24.8 Å². The predicted octanol–water partition coefficient (Wildman–Crippen LogP) is 3.91. The van der Waals surface area contributed by atoms with Crippen LogP contribution in [0.25, 0.3) is 0 Å². The number of halogens is 3. The third kappa shape index (κ3) is 2.88. The van der Waals surface area contributed by atoms with E-state index in [4.69, 9.17) is 4.42 Å². The molecule has 3 atom stereocenters. The zero-order valence-electron chi connectivity index (χ0n) is 10.3. The number of hydrogen-bond donors (Lipinski definition) is 1. The van der Waals surface area contributed by atoms with Gasteiger partial charge < -0.3 is 9.73 Å². The Morgan fingerprint density at radius 2 is 2.17 bits per heavy atom. The summed E-state index contributed by atoms with van der Waals surface area (Å²) in [5.41, 5.74) is 0.935. The van der Waals surface area contributed by atoms with Crippen LogP contribution in [0.5, 0.6) is 0 Å². The van der Waals surface area contributed by atoms with Crippen molar-refractivity contribution >= 4 is 0 Å². The first-order valence-corrected chi connectivity index (χ1v) is 6.28. The summed E-state index contributed by atoms with van der Waals surface area (Å²) in [5.74, 6) is -1.13. The molecule has 1 aliphatic rings. The van der Waals surface area contributed by atoms with Crippen LogP contribution < -0.4 is 5.32 Å². The van der Waals surface area contributed by atoms with Gasteiger partial charge in [0.2, 0.25) is 0 Å². The molecule has 0 saturated heterocycles. The minimum Gasteiger partial charge on any atom is -0.472 e. The number of hydrogen-bond acceptors (Lipinski definition) is 2. The van der Waals surface area contributed by atoms with Crippen molar-refractivity contribution in [2.45, 2.75) is 37.9 Å². The molecule has 0 aromatic carbocycles. The molecule has 0 spiro atoms. The van der Waals surface area contributed by atoms with Crippen molar-refractivity contribution in [3.05, 3.63) is 24.2 Å². The number of alkyl halides is 3. The molecule has 1 aromatic rings. The summed E-state index contributed by atoms with van der Waals surface area (Å²) in [7, 11) is 1.79. The van der Waals surface area contributed by atoms with E-state index in [2.05, 4.69) is 5.32 Å². The Hall–Kier alpha value is -0.970. The van der Waals surface area contributed by atoms with Crippen LogP contribution in [0.3, 0.4) is 0 Å². The van der Waals surface area contributed by atoms with Crippen molar-refractivity contribution in [1.29, 1.82) is 0 Å². The molecule has 1 aromatic heterocycles. The van der Waals surface area contributed by atoms with Crippen LogP contribution in [0.2, 0.25) is 0 Å². The Balaban J connectivity index is 2.08. The van der Waals surface area contributed by atoms with Gasteiger partial charge in [0.05, 0.1) is 18.4 Å². The van der Waals surface area contributed by atoms with Gasteiger partial charge in [-0.15, -0.1) is 0 Å². The lowest BCUT2D eigenvalue weighted by atomic mass is 9.76. The van der Waals surface area contributed by atoms with Gasteiger partial charge in [0.1, 0.15) is 0 Å². The minimum absolute atomic E-state index is 0.0213. The number of rotatable bonds is 3. The molecule has 1 fully saturated rings. The van der Waals surface area contributed by atoms with Crippen molar-refractivity contribution < 1.29 is 17.6 Å². The van der Waals surface area contributed by atoms with Crippen molar-refractivity contribution in [3.63, 3.8) is 0 Å². The third-order valence-corrected chi connectivity index (χ3v) is 3.86. The first kappa shape index (κ1) is 13.5. The molecule has 3 unspecified atom stereocenters. The highest BCUT2D eigenvalue weighted by atomic mass is 19.4. The van der Waals surface area contributed by atoms with Crippen LogP contribution in [-0.2, 0) is 0 Å². The highest BCUT2D eigenvalue weighted by molar-refractivity contribution is 5.13. The summed E-state index contributed by atoms with van der Waals surface area (Å²) in [4.78, 5) is 0. The standard InChI is InChI=1S/C13H18F3NO/c1-17-12(10-5-6-18-8-10)9-3-2-4-11(7-9)13(14,15)16/h5-6,8-9,11-12,17H,2-4,7H2,1H3. The molecule has 2 nitrogen and oxygen atoms in total. The van der Waals surface area contributed by atoms with E-state index in [1.807, 2.05) is 6.07 Å². The monoisotopic (exact) mass is 261 g/mol. The molecule has 18 heavy (non-hydrogen) atoms. The van der Waals surface area contributed by atoms with E-state index < -0.39 is 12.1 Å². The molecule has 1 aliphatic carbocycles. The average molecular weight is 261 g/mol. The molecular formula is C13H18F3NO. The Kier molecular flexibility index (Phi) is 4.00. The van der Waals surface area contributed by atoms with Crippen LogP contribution in [0.4, 0.5) is 13.2 Å². The lowest BCUT2D eigenvalue weighted by molar-refractivity contribution is -0.186. The molecule has 0 amide bonds. The second-order valence-corrected chi connectivity index (χ2v) is 4.99. The van der Waals surface area contributed by atoms with Crippen molar-refractivity contribution in [1.82, 2.24) is 5.32 Å². The molecule has 5 heteroatoms. The van der Waals surface area contributed by atoms with Crippen molar-refractivity contribution in [2.24, 2.45) is 11.8 Å². The molecular weight excluding hydrogens is 243 g/mol. The smallest absolute Gasteiger partial charge is 0.391 e. The largest absolute Gasteiger partial charge is 0.472 e. The van der Waals surface area contributed by atoms with Crippen LogP contribution in [0, 0.1) is 11.8 Å². The Labute approximate surface area is 105 Å². The van der Waals surface area contributed by atoms with Crippen LogP contribution in [-0.4, -0.2) is 13.2 Å². The predicted molar refractivity (Wildman–Crippen MR) is 62.0 cm³/mol. The van der Waals surface area contributed by atoms with Crippen molar-refractivity contribution in [2.75, 3.05) is 7.05 Å². The topological polar surface area (TPSA) is 25.2 Å². The Morgan fingerprint density at radius 1 is 1.39 bits per heavy atom. The first-order chi connectivity index (χ1) is 8.52. The van der Waals surface area contributed by atoms with E-state index in [1.165, 1.54) is 0 Å². The number of nitrogens with one attached hydrogen (secondary N) is 1. The summed E-state index contributed by atoms with van der Waals surface area (Å²) in [6.07, 6.45) is 1.06. The van der Waals surface area contributed by atoms with Gasteiger partial charge in [-0.1, -0.05) is 6.42 Å². The fourth-order valence-corrected chi connectivity index (χ4v) is 2.95. The van der Waals surface area contributed by atoms with Gasteiger partial charge in [-0.05, 0) is 38.3 Å². The highest BCUT2D eigenvalue weighted by Gasteiger charge is 2.43. The van der Waals surface area contributed by atoms with Gasteiger partial charge in [-0.2, -0.15) is 13.2 Å². The van der Waals surface area contributed by atoms with E-state index in [1.54, 1.807) is 19.6 Å². The van der Waals surface area contributed by atoms with Crippen LogP contribution in [0.15, 0.2) is 23.0 Å². The first-order valence-electron chi connectivity index (χ1n) is 6.28. The zero-order chi connectivity index (χ0) is 13.2. The van der Waals surface area contributed by atoms with E-state index >= 15 is 0 Å². The SMILES string of the molecule is CNC(c1ccoc1)C1CCCC(C(F)(F)F)C1. The number of furan rings is 1. The molecule has 2 rings (SSSR count). The normalized spacial score (nSPS) is 27.1. The molecule has 0 aliphatic heterocycles. The fraction of sp³-hybridized carbons (Fsp3) is 0.692. The van der Waals surface area contributed by atoms with E-state index in [0.29, 0.717) is 6.42 Å². The molecule has 1 heterocycles. The molecule has 0 radical (unpaired) electrons.